The number of aryl methyl sites for hydroxylation is 4. The molecule has 0 atom stereocenters. The second-order valence-corrected chi connectivity index (χ2v) is 25.8. The van der Waals surface area contributed by atoms with E-state index in [9.17, 15) is 0 Å². The molecule has 68 heavy (non-hydrogen) atoms. The molecular formula is C48H54Au2Cl2N2O8P2S4-4. The molecule has 0 heterocycles. The maximum Gasteiger partial charge on any atom is 0.0711 e. The molecule has 0 bridgehead atoms. The molecule has 0 aromatic heterocycles. The molecule has 0 aliphatic rings. The topological polar surface area (TPSA) is 209 Å². The number of aliphatic imine (C=N–C) groups is 2. The summed E-state index contributed by atoms with van der Waals surface area (Å²) in [6, 6.07) is 54.0. The van der Waals surface area contributed by atoms with E-state index in [0.717, 1.165) is 11.4 Å². The van der Waals surface area contributed by atoms with Crippen LogP contribution in [0.1, 0.15) is 22.3 Å². The summed E-state index contributed by atoms with van der Waals surface area (Å²) in [6.07, 6.45) is 4.08. The maximum atomic E-state index is 8.49. The number of halogens is 2. The Balaban J connectivity index is 0. The van der Waals surface area contributed by atoms with E-state index in [0.29, 0.717) is 0 Å². The molecule has 0 fully saturated rings. The fourth-order valence-electron chi connectivity index (χ4n) is 5.45. The molecule has 378 valence electrons. The Morgan fingerprint density at radius 1 is 0.397 bits per heavy atom. The molecule has 0 aliphatic carbocycles. The quantitative estimate of drug-likeness (QED) is 0.0448. The van der Waals surface area contributed by atoms with Crippen molar-refractivity contribution < 1.29 is 103 Å². The Hall–Kier alpha value is -1.34. The molecule has 6 aromatic rings. The van der Waals surface area contributed by atoms with Crippen LogP contribution >= 0.6 is 57.7 Å². The van der Waals surface area contributed by atoms with Crippen LogP contribution in [0.3, 0.4) is 0 Å². The molecule has 0 spiro atoms. The van der Waals surface area contributed by atoms with Gasteiger partial charge in [0, 0.05) is 66.0 Å². The summed E-state index contributed by atoms with van der Waals surface area (Å²) in [7, 11) is -6.51. The average Bonchev–Trinajstić information content (AvgIpc) is 3.24. The second kappa shape index (κ2) is 36.6. The van der Waals surface area contributed by atoms with Crippen molar-refractivity contribution in [1.82, 2.24) is 0 Å². The van der Waals surface area contributed by atoms with Crippen molar-refractivity contribution in [1.29, 1.82) is 0 Å². The van der Waals surface area contributed by atoms with E-state index in [2.05, 4.69) is 149 Å². The van der Waals surface area contributed by atoms with Crippen LogP contribution in [0.15, 0.2) is 168 Å². The minimum atomic E-state index is -4.94. The summed E-state index contributed by atoms with van der Waals surface area (Å²) in [6.45, 7) is 25.6. The molecule has 0 aliphatic heterocycles. The Morgan fingerprint density at radius 3 is 0.765 bits per heavy atom. The van der Waals surface area contributed by atoms with E-state index >= 15 is 0 Å². The first kappa shape index (κ1) is 68.7. The van der Waals surface area contributed by atoms with Gasteiger partial charge in [-0.2, -0.15) is 41.2 Å². The Morgan fingerprint density at radius 2 is 0.588 bits per heavy atom. The van der Waals surface area contributed by atoms with Crippen LogP contribution in [0, 0.1) is 74.8 Å². The molecule has 10 nitrogen and oxygen atoms in total. The van der Waals surface area contributed by atoms with E-state index < -0.39 is 35.0 Å². The molecule has 20 heteroatoms. The van der Waals surface area contributed by atoms with Crippen molar-refractivity contribution in [3.05, 3.63) is 207 Å². The van der Waals surface area contributed by atoms with Gasteiger partial charge in [0.1, 0.15) is 0 Å². The zero-order chi connectivity index (χ0) is 49.8. The molecule has 0 saturated carbocycles. The maximum absolute atomic E-state index is 8.49. The second-order valence-electron chi connectivity index (χ2n) is 13.7. The molecule has 6 aromatic carbocycles. The summed E-state index contributed by atoms with van der Waals surface area (Å²) in [4.78, 5) is 8.67. The van der Waals surface area contributed by atoms with Crippen LogP contribution in [0.4, 0.5) is 11.4 Å². The Bertz CT molecular complexity index is 2010. The molecule has 2 radical (unpaired) electrons. The van der Waals surface area contributed by atoms with Gasteiger partial charge < -0.3 is 0 Å². The third-order valence-electron chi connectivity index (χ3n) is 8.10. The predicted octanol–water partition coefficient (Wildman–Crippen LogP) is 4.91. The third-order valence-corrected chi connectivity index (χ3v) is 15.7. The zero-order valence-corrected chi connectivity index (χ0v) is 48.9. The van der Waals surface area contributed by atoms with Crippen molar-refractivity contribution in [2.24, 2.45) is 9.98 Å². The van der Waals surface area contributed by atoms with Crippen LogP contribution in [-0.4, -0.2) is 23.6 Å². The standard InChI is InChI=1S/2C14H14P.2C10H13NS2.2Au.2ClHO4/c2*1-15(2,13-9-5-3-6-10-13)14-11-7-4-8-12-14;2*1-8-4-9(2)6-10(5-8)11-7-13-12-3;;;2*2-1(3,4)5/h2*3-12H,1-2H2;2*4-7H,1-3H3;;;2*(H,2,3,4,5)/q2*-1;;;;;;/p-2. The van der Waals surface area contributed by atoms with E-state index in [1.807, 2.05) is 96.4 Å². The summed E-state index contributed by atoms with van der Waals surface area (Å²) >= 11 is 0. The molecule has 6 rings (SSSR count). The largest absolute Gasteiger partial charge is 0.249 e. The van der Waals surface area contributed by atoms with Crippen LogP contribution in [0.25, 0.3) is 0 Å². The van der Waals surface area contributed by atoms with E-state index in [1.165, 1.54) is 43.5 Å². The van der Waals surface area contributed by atoms with Crippen molar-refractivity contribution in [2.75, 3.05) is 12.5 Å². The van der Waals surface area contributed by atoms with Crippen LogP contribution in [0.2, 0.25) is 0 Å². The van der Waals surface area contributed by atoms with Gasteiger partial charge in [-0.3, -0.25) is 0 Å². The molecular weight excluding hydrogens is 1390 g/mol. The van der Waals surface area contributed by atoms with Crippen molar-refractivity contribution >= 4 is 101 Å². The minimum absolute atomic E-state index is 0. The van der Waals surface area contributed by atoms with Crippen LogP contribution in [0.5, 0.6) is 0 Å². The van der Waals surface area contributed by atoms with Gasteiger partial charge in [0.15, 0.2) is 0 Å². The van der Waals surface area contributed by atoms with Crippen LogP contribution in [-0.2, 0) is 44.8 Å². The normalized spacial score (nSPS) is 11.0. The van der Waals surface area contributed by atoms with Crippen molar-refractivity contribution in [3.63, 3.8) is 0 Å². The molecule has 0 N–H and O–H groups in total. The molecule has 0 unspecified atom stereocenters. The Kier molecular flexibility index (Phi) is 37.0. The summed E-state index contributed by atoms with van der Waals surface area (Å²) in [5, 5.41) is 4.99. The summed E-state index contributed by atoms with van der Waals surface area (Å²) in [5.74, 6) is 0. The van der Waals surface area contributed by atoms with Gasteiger partial charge in [-0.05, 0) is 157 Å². The number of rotatable bonds is 10. The first-order valence-electron chi connectivity index (χ1n) is 19.1. The number of hydrogen-bond donors (Lipinski definition) is 0. The average molecular weight is 1440 g/mol. The molecule has 0 amide bonds. The smallest absolute Gasteiger partial charge is 0.0711 e. The molecule has 0 saturated heterocycles. The predicted molar refractivity (Wildman–Crippen MR) is 270 cm³/mol. The number of hydrogen-bond acceptors (Lipinski definition) is 14. The van der Waals surface area contributed by atoms with Crippen molar-refractivity contribution in [2.45, 2.75) is 27.7 Å². The minimum Gasteiger partial charge on any atom is -0.249 e. The summed E-state index contributed by atoms with van der Waals surface area (Å²) < 4.78 is 67.9. The first-order valence-corrected chi connectivity index (χ1v) is 31.1. The van der Waals surface area contributed by atoms with Gasteiger partial charge in [-0.25, -0.2) is 47.3 Å². The third kappa shape index (κ3) is 33.3. The number of nitrogens with zero attached hydrogens (tertiary/aromatic N) is 2. The summed E-state index contributed by atoms with van der Waals surface area (Å²) in [5.41, 5.74) is 10.9. The van der Waals surface area contributed by atoms with Gasteiger partial charge in [0.2, 0.25) is 0 Å². The van der Waals surface area contributed by atoms with E-state index in [-0.39, 0.29) is 44.8 Å². The van der Waals surface area contributed by atoms with E-state index in [1.54, 1.807) is 43.2 Å². The SMILES string of the molecule is CSSC=Nc1cc(C)cc(C)c1.CSSC=Nc1cc(C)cc(C)c1.[Au].[Au].[CH2-][P+]([CH2-])(c1ccccc1)c1ccccc1.[CH2-][P+]([CH2-])(c1ccccc1)c1ccccc1.[O-][Cl+3]([O-])([O-])[O-].[O-][Cl+3]([O-])([O-])[O-]. The van der Waals surface area contributed by atoms with E-state index in [4.69, 9.17) is 37.3 Å². The first-order chi connectivity index (χ1) is 30.9. The van der Waals surface area contributed by atoms with Crippen molar-refractivity contribution in [3.8, 4) is 0 Å². The van der Waals surface area contributed by atoms with Gasteiger partial charge in [0.25, 0.3) is 0 Å². The zero-order valence-electron chi connectivity index (χ0n) is 38.0. The monoisotopic (exact) mass is 1440 g/mol. The van der Waals surface area contributed by atoms with Gasteiger partial charge in [0.05, 0.1) is 22.5 Å². The van der Waals surface area contributed by atoms with Gasteiger partial charge in [-0.15, -0.1) is 20.5 Å². The van der Waals surface area contributed by atoms with Crippen LogP contribution < -0.4 is 58.5 Å². The van der Waals surface area contributed by atoms with Gasteiger partial charge in [-0.1, -0.05) is 107 Å². The van der Waals surface area contributed by atoms with Gasteiger partial charge >= 0.3 is 0 Å². The Labute approximate surface area is 456 Å². The number of benzene rings is 6. The fraction of sp³-hybridized carbons (Fsp3) is 0.125. The fourth-order valence-corrected chi connectivity index (χ4v) is 10.3.